The molecule has 1 aromatic rings. The molecule has 0 unspecified atom stereocenters. The van der Waals surface area contributed by atoms with Crippen LogP contribution >= 0.6 is 0 Å². The average Bonchev–Trinajstić information content (AvgIpc) is 2.97. The molecular weight excluding hydrogens is 326 g/mol. The normalized spacial score (nSPS) is 25.5. The Balaban J connectivity index is 1.73. The van der Waals surface area contributed by atoms with E-state index in [9.17, 15) is 10.1 Å². The molecule has 2 saturated heterocycles. The number of carbonyl (C=O) groups is 1. The predicted octanol–water partition coefficient (Wildman–Crippen LogP) is 1.90. The minimum atomic E-state index is 0.0865. The fraction of sp³-hybridized carbons (Fsp3) is 0.700. The molecule has 2 aliphatic rings. The molecule has 6 nitrogen and oxygen atoms in total. The van der Waals surface area contributed by atoms with Crippen LogP contribution in [0.25, 0.3) is 0 Å². The van der Waals surface area contributed by atoms with Gasteiger partial charge in [0.15, 0.2) is 0 Å². The van der Waals surface area contributed by atoms with Gasteiger partial charge in [-0.1, -0.05) is 0 Å². The minimum Gasteiger partial charge on any atom is -0.343 e. The van der Waals surface area contributed by atoms with Crippen LogP contribution in [0.15, 0.2) is 12.3 Å². The number of nitriles is 1. The third kappa shape index (κ3) is 3.65. The van der Waals surface area contributed by atoms with Gasteiger partial charge in [-0.25, -0.2) is 0 Å². The van der Waals surface area contributed by atoms with Crippen LogP contribution in [0.3, 0.4) is 0 Å². The Bertz CT molecular complexity index is 691. The summed E-state index contributed by atoms with van der Waals surface area (Å²) in [6, 6.07) is 4.30. The second kappa shape index (κ2) is 7.81. The Morgan fingerprint density at radius 1 is 1.19 bits per heavy atom. The quantitative estimate of drug-likeness (QED) is 0.826. The maximum Gasteiger partial charge on any atom is 0.222 e. The van der Waals surface area contributed by atoms with Gasteiger partial charge in [-0.3, -0.25) is 14.6 Å². The maximum atomic E-state index is 12.3. The molecular formula is C20H31N5O. The van der Waals surface area contributed by atoms with Gasteiger partial charge in [0.25, 0.3) is 0 Å². The topological polar surface area (TPSA) is 55.5 Å². The molecule has 3 heterocycles. The van der Waals surface area contributed by atoms with Crippen molar-refractivity contribution in [2.24, 2.45) is 0 Å². The Labute approximate surface area is 157 Å². The first-order valence-corrected chi connectivity index (χ1v) is 9.82. The van der Waals surface area contributed by atoms with E-state index in [0.29, 0.717) is 12.3 Å². The number of likely N-dealkylation sites (tertiary alicyclic amines) is 1. The molecule has 1 atom stereocenters. The van der Waals surface area contributed by atoms with E-state index in [0.717, 1.165) is 64.3 Å². The Morgan fingerprint density at radius 3 is 2.65 bits per heavy atom. The van der Waals surface area contributed by atoms with Gasteiger partial charge in [-0.05, 0) is 45.4 Å². The van der Waals surface area contributed by atoms with Crippen molar-refractivity contribution in [2.75, 3.05) is 39.8 Å². The summed E-state index contributed by atoms with van der Waals surface area (Å²) in [6.45, 7) is 10.6. The second-order valence-electron chi connectivity index (χ2n) is 7.71. The summed E-state index contributed by atoms with van der Waals surface area (Å²) in [5, 5.41) is 9.28. The fourth-order valence-corrected chi connectivity index (χ4v) is 4.51. The molecule has 1 amide bonds. The van der Waals surface area contributed by atoms with E-state index in [1.54, 1.807) is 0 Å². The van der Waals surface area contributed by atoms with Gasteiger partial charge < -0.3 is 9.47 Å². The summed E-state index contributed by atoms with van der Waals surface area (Å²) in [7, 11) is 2.21. The zero-order valence-corrected chi connectivity index (χ0v) is 16.4. The lowest BCUT2D eigenvalue weighted by Crippen LogP contribution is -2.60. The highest BCUT2D eigenvalue weighted by Crippen LogP contribution is 2.32. The Hall–Kier alpha value is -1.84. The van der Waals surface area contributed by atoms with Gasteiger partial charge in [0.2, 0.25) is 5.91 Å². The number of piperazine rings is 1. The van der Waals surface area contributed by atoms with Gasteiger partial charge in [0.1, 0.15) is 11.8 Å². The van der Waals surface area contributed by atoms with Crippen molar-refractivity contribution in [2.45, 2.75) is 51.7 Å². The van der Waals surface area contributed by atoms with Crippen LogP contribution in [0.2, 0.25) is 0 Å². The van der Waals surface area contributed by atoms with Gasteiger partial charge in [-0.2, -0.15) is 5.26 Å². The number of hydrogen-bond donors (Lipinski definition) is 0. The fourth-order valence-electron chi connectivity index (χ4n) is 4.51. The van der Waals surface area contributed by atoms with E-state index in [1.807, 2.05) is 15.5 Å². The number of aryl methyl sites for hydroxylation is 1. The molecule has 2 fully saturated rings. The first kappa shape index (κ1) is 18.9. The summed E-state index contributed by atoms with van der Waals surface area (Å²) < 4.78 is 2.02. The molecule has 0 radical (unpaired) electrons. The molecule has 3 rings (SSSR count). The van der Waals surface area contributed by atoms with Crippen molar-refractivity contribution in [3.05, 3.63) is 23.5 Å². The van der Waals surface area contributed by atoms with Crippen LogP contribution in [-0.2, 0) is 17.9 Å². The van der Waals surface area contributed by atoms with Gasteiger partial charge in [-0.15, -0.1) is 0 Å². The number of aromatic nitrogens is 1. The summed E-state index contributed by atoms with van der Waals surface area (Å²) in [4.78, 5) is 19.3. The molecule has 142 valence electrons. The largest absolute Gasteiger partial charge is 0.343 e. The minimum absolute atomic E-state index is 0.0865. The van der Waals surface area contributed by atoms with Crippen molar-refractivity contribution in [3.8, 4) is 6.07 Å². The molecule has 0 aliphatic carbocycles. The van der Waals surface area contributed by atoms with Crippen molar-refractivity contribution in [3.63, 3.8) is 0 Å². The first-order valence-electron chi connectivity index (χ1n) is 9.82. The number of likely N-dealkylation sites (N-methyl/N-ethyl adjacent to an activating group) is 1. The van der Waals surface area contributed by atoms with Crippen molar-refractivity contribution >= 4 is 5.91 Å². The highest BCUT2D eigenvalue weighted by atomic mass is 16.2. The van der Waals surface area contributed by atoms with Crippen molar-refractivity contribution in [1.82, 2.24) is 19.3 Å². The van der Waals surface area contributed by atoms with Gasteiger partial charge >= 0.3 is 0 Å². The zero-order valence-electron chi connectivity index (χ0n) is 16.4. The predicted molar refractivity (Wildman–Crippen MR) is 102 cm³/mol. The molecule has 1 spiro atoms. The summed E-state index contributed by atoms with van der Waals surface area (Å²) in [5.74, 6) is 0.300. The molecule has 1 aromatic heterocycles. The smallest absolute Gasteiger partial charge is 0.222 e. The lowest BCUT2D eigenvalue weighted by molar-refractivity contribution is -0.130. The molecule has 0 aromatic carbocycles. The van der Waals surface area contributed by atoms with E-state index in [4.69, 9.17) is 0 Å². The second-order valence-corrected chi connectivity index (χ2v) is 7.71. The highest BCUT2D eigenvalue weighted by molar-refractivity contribution is 5.76. The summed E-state index contributed by atoms with van der Waals surface area (Å²) in [5.41, 5.74) is 2.04. The summed E-state index contributed by atoms with van der Waals surface area (Å²) >= 11 is 0. The standard InChI is InChI=1S/C20H31N5O/c1-4-24-9-8-20(7-6-19(24)26)16-23(11-10-22(20)3)14-17-12-18(13-21)25(5-2)15-17/h12,15H,4-11,14,16H2,1-3H3/t20-/m1/s1. The molecule has 6 heteroatoms. The zero-order chi connectivity index (χ0) is 18.7. The number of nitrogens with zero attached hydrogens (tertiary/aromatic N) is 5. The third-order valence-corrected chi connectivity index (χ3v) is 6.28. The van der Waals surface area contributed by atoms with Gasteiger partial charge in [0, 0.05) is 64.0 Å². The molecule has 2 aliphatic heterocycles. The summed E-state index contributed by atoms with van der Waals surface area (Å²) in [6.07, 6.45) is 4.74. The molecule has 26 heavy (non-hydrogen) atoms. The number of rotatable bonds is 4. The SMILES string of the molecule is CCN1CC[C@]2(CCC1=O)CN(Cc1cc(C#N)n(CC)c1)CCN2C. The van der Waals surface area contributed by atoms with Crippen molar-refractivity contribution in [1.29, 1.82) is 5.26 Å². The van der Waals surface area contributed by atoms with Gasteiger partial charge in [0.05, 0.1) is 0 Å². The van der Waals surface area contributed by atoms with Crippen LogP contribution in [0.1, 0.15) is 44.4 Å². The maximum absolute atomic E-state index is 12.3. The first-order chi connectivity index (χ1) is 12.5. The van der Waals surface area contributed by atoms with Crippen LogP contribution in [-0.4, -0.2) is 70.5 Å². The number of amides is 1. The Morgan fingerprint density at radius 2 is 2.00 bits per heavy atom. The van der Waals surface area contributed by atoms with E-state index in [1.165, 1.54) is 5.56 Å². The van der Waals surface area contributed by atoms with Crippen LogP contribution in [0.4, 0.5) is 0 Å². The van der Waals surface area contributed by atoms with Crippen LogP contribution in [0, 0.1) is 11.3 Å². The highest BCUT2D eigenvalue weighted by Gasteiger charge is 2.42. The van der Waals surface area contributed by atoms with Crippen LogP contribution < -0.4 is 0 Å². The Kier molecular flexibility index (Phi) is 5.69. The molecule has 0 N–H and O–H groups in total. The molecule has 0 saturated carbocycles. The monoisotopic (exact) mass is 357 g/mol. The van der Waals surface area contributed by atoms with E-state index >= 15 is 0 Å². The number of hydrogen-bond acceptors (Lipinski definition) is 4. The lowest BCUT2D eigenvalue weighted by atomic mass is 9.86. The molecule has 0 bridgehead atoms. The van der Waals surface area contributed by atoms with E-state index < -0.39 is 0 Å². The van der Waals surface area contributed by atoms with Crippen molar-refractivity contribution < 1.29 is 4.79 Å². The van der Waals surface area contributed by atoms with Crippen LogP contribution in [0.5, 0.6) is 0 Å². The number of carbonyl (C=O) groups excluding carboxylic acids is 1. The van der Waals surface area contributed by atoms with E-state index in [2.05, 4.69) is 43.0 Å². The average molecular weight is 358 g/mol. The third-order valence-electron chi connectivity index (χ3n) is 6.28. The lowest BCUT2D eigenvalue weighted by Gasteiger charge is -2.49. The van der Waals surface area contributed by atoms with E-state index in [-0.39, 0.29) is 5.54 Å².